The molecule has 0 saturated carbocycles. The van der Waals surface area contributed by atoms with Gasteiger partial charge in [-0.3, -0.25) is 0 Å². The van der Waals surface area contributed by atoms with Crippen LogP contribution in [-0.2, 0) is 0 Å². The van der Waals surface area contributed by atoms with Crippen LogP contribution in [0.3, 0.4) is 0 Å². The molecule has 0 heteroatoms. The molecule has 0 bridgehead atoms. The Balaban J connectivity index is 3.34. The van der Waals surface area contributed by atoms with Gasteiger partial charge < -0.3 is 0 Å². The summed E-state index contributed by atoms with van der Waals surface area (Å²) in [7, 11) is 0. The van der Waals surface area contributed by atoms with E-state index >= 15 is 0 Å². The van der Waals surface area contributed by atoms with Crippen LogP contribution in [0.1, 0.15) is 36.1 Å². The lowest BCUT2D eigenvalue weighted by atomic mass is 9.95. The first kappa shape index (κ1) is 13.5. The van der Waals surface area contributed by atoms with Crippen molar-refractivity contribution in [2.45, 2.75) is 34.6 Å². The Morgan fingerprint density at radius 3 is 1.82 bits per heavy atom. The smallest absolute Gasteiger partial charge is 0.0204 e. The van der Waals surface area contributed by atoms with Crippen molar-refractivity contribution in [3.63, 3.8) is 0 Å². The summed E-state index contributed by atoms with van der Waals surface area (Å²) < 4.78 is 0. The second kappa shape index (κ2) is 5.18. The minimum Gasteiger partial charge on any atom is -0.0955 e. The molecule has 1 aromatic carbocycles. The molecule has 0 nitrogen and oxygen atoms in total. The quantitative estimate of drug-likeness (QED) is 0.625. The van der Waals surface area contributed by atoms with Crippen LogP contribution >= 0.6 is 0 Å². The Bertz CT molecular complexity index is 483. The molecular weight excluding hydrogens is 204 g/mol. The van der Waals surface area contributed by atoms with E-state index in [0.717, 1.165) is 16.7 Å². The molecule has 0 fully saturated rings. The van der Waals surface area contributed by atoms with Crippen molar-refractivity contribution in [1.29, 1.82) is 0 Å². The molecule has 0 heterocycles. The molecule has 90 valence electrons. The maximum absolute atomic E-state index is 4.01. The second-order valence-corrected chi connectivity index (χ2v) is 4.91. The summed E-state index contributed by atoms with van der Waals surface area (Å²) in [5.41, 5.74) is 8.50. The molecule has 0 atom stereocenters. The summed E-state index contributed by atoms with van der Waals surface area (Å²) in [6.45, 7) is 18.5. The van der Waals surface area contributed by atoms with Crippen LogP contribution in [0.5, 0.6) is 0 Å². The Labute approximate surface area is 105 Å². The predicted octanol–water partition coefficient (Wildman–Crippen LogP) is 5.15. The summed E-state index contributed by atoms with van der Waals surface area (Å²) in [6, 6.07) is 4.46. The average Bonchev–Trinajstić information content (AvgIpc) is 2.20. The van der Waals surface area contributed by atoms with Gasteiger partial charge in [0.2, 0.25) is 0 Å². The van der Waals surface area contributed by atoms with Crippen molar-refractivity contribution in [2.75, 3.05) is 0 Å². The van der Waals surface area contributed by atoms with Gasteiger partial charge in [0.25, 0.3) is 0 Å². The molecule has 0 aliphatic rings. The van der Waals surface area contributed by atoms with Crippen LogP contribution in [0, 0.1) is 20.8 Å². The zero-order valence-corrected chi connectivity index (χ0v) is 11.6. The zero-order valence-electron chi connectivity index (χ0n) is 11.6. The first-order valence-corrected chi connectivity index (χ1v) is 5.94. The number of aryl methyl sites for hydroxylation is 3. The minimum atomic E-state index is 1.06. The summed E-state index contributed by atoms with van der Waals surface area (Å²) in [4.78, 5) is 0. The highest BCUT2D eigenvalue weighted by molar-refractivity contribution is 5.66. The molecule has 0 radical (unpaired) electrons. The number of allylic oxidation sites excluding steroid dienone is 3. The zero-order chi connectivity index (χ0) is 13.2. The minimum absolute atomic E-state index is 1.06. The van der Waals surface area contributed by atoms with Crippen LogP contribution in [0.15, 0.2) is 42.0 Å². The lowest BCUT2D eigenvalue weighted by Gasteiger charge is -2.10. The summed E-state index contributed by atoms with van der Waals surface area (Å²) in [5.74, 6) is 0. The van der Waals surface area contributed by atoms with E-state index in [1.165, 1.54) is 22.3 Å². The third-order valence-electron chi connectivity index (χ3n) is 3.10. The van der Waals surface area contributed by atoms with Gasteiger partial charge in [-0.1, -0.05) is 36.4 Å². The molecule has 0 aromatic heterocycles. The van der Waals surface area contributed by atoms with Crippen LogP contribution in [0.2, 0.25) is 0 Å². The van der Waals surface area contributed by atoms with Crippen LogP contribution < -0.4 is 0 Å². The largest absolute Gasteiger partial charge is 0.0955 e. The Kier molecular flexibility index (Phi) is 4.11. The molecule has 0 amide bonds. The summed E-state index contributed by atoms with van der Waals surface area (Å²) in [5, 5.41) is 0. The number of hydrogen-bond donors (Lipinski definition) is 0. The van der Waals surface area contributed by atoms with Crippen molar-refractivity contribution in [3.05, 3.63) is 64.3 Å². The van der Waals surface area contributed by atoms with E-state index in [9.17, 15) is 0 Å². The van der Waals surface area contributed by atoms with Gasteiger partial charge in [0.1, 0.15) is 0 Å². The molecule has 1 aromatic rings. The summed E-state index contributed by atoms with van der Waals surface area (Å²) in [6.07, 6.45) is 2.19. The standard InChI is InChI=1S/C17H22/c1-11(2)17(12(3)4)10-16-9-14(6)13(5)8-15(16)7/h8-10H,1,3H2,2,4-7H3. The lowest BCUT2D eigenvalue weighted by molar-refractivity contribution is 1.28. The van der Waals surface area contributed by atoms with Gasteiger partial charge in [0.15, 0.2) is 0 Å². The Morgan fingerprint density at radius 2 is 1.35 bits per heavy atom. The van der Waals surface area contributed by atoms with Gasteiger partial charge >= 0.3 is 0 Å². The maximum atomic E-state index is 4.01. The van der Waals surface area contributed by atoms with Gasteiger partial charge in [-0.15, -0.1) is 0 Å². The van der Waals surface area contributed by atoms with Crippen LogP contribution in [-0.4, -0.2) is 0 Å². The molecule has 0 N–H and O–H groups in total. The van der Waals surface area contributed by atoms with Gasteiger partial charge in [-0.05, 0) is 68.5 Å². The monoisotopic (exact) mass is 226 g/mol. The molecule has 1 rings (SSSR count). The molecule has 0 saturated heterocycles. The topological polar surface area (TPSA) is 0 Å². The molecule has 0 spiro atoms. The first-order chi connectivity index (χ1) is 7.82. The first-order valence-electron chi connectivity index (χ1n) is 5.94. The highest BCUT2D eigenvalue weighted by Crippen LogP contribution is 2.23. The lowest BCUT2D eigenvalue weighted by Crippen LogP contribution is -1.91. The van der Waals surface area contributed by atoms with E-state index in [1.807, 2.05) is 13.8 Å². The molecule has 17 heavy (non-hydrogen) atoms. The Morgan fingerprint density at radius 1 is 0.882 bits per heavy atom. The van der Waals surface area contributed by atoms with E-state index in [-0.39, 0.29) is 0 Å². The highest BCUT2D eigenvalue weighted by Gasteiger charge is 2.03. The predicted molar refractivity (Wildman–Crippen MR) is 78.3 cm³/mol. The molecule has 0 unspecified atom stereocenters. The number of benzene rings is 1. The van der Waals surface area contributed by atoms with Crippen LogP contribution in [0.25, 0.3) is 6.08 Å². The maximum Gasteiger partial charge on any atom is -0.0204 e. The Hall–Kier alpha value is -1.56. The van der Waals surface area contributed by atoms with E-state index in [0.29, 0.717) is 0 Å². The van der Waals surface area contributed by atoms with E-state index < -0.39 is 0 Å². The molecular formula is C17H22. The van der Waals surface area contributed by atoms with Crippen molar-refractivity contribution in [2.24, 2.45) is 0 Å². The van der Waals surface area contributed by atoms with Crippen molar-refractivity contribution in [3.8, 4) is 0 Å². The fourth-order valence-corrected chi connectivity index (χ4v) is 1.90. The summed E-state index contributed by atoms with van der Waals surface area (Å²) >= 11 is 0. The van der Waals surface area contributed by atoms with E-state index in [1.54, 1.807) is 0 Å². The molecule has 0 aliphatic heterocycles. The van der Waals surface area contributed by atoms with Crippen molar-refractivity contribution < 1.29 is 0 Å². The normalized spacial score (nSPS) is 9.94. The van der Waals surface area contributed by atoms with E-state index in [2.05, 4.69) is 52.1 Å². The van der Waals surface area contributed by atoms with Crippen molar-refractivity contribution >= 4 is 6.08 Å². The number of hydrogen-bond acceptors (Lipinski definition) is 0. The van der Waals surface area contributed by atoms with Gasteiger partial charge in [0, 0.05) is 0 Å². The molecule has 0 aliphatic carbocycles. The third-order valence-corrected chi connectivity index (χ3v) is 3.10. The van der Waals surface area contributed by atoms with Gasteiger partial charge in [-0.2, -0.15) is 0 Å². The fraction of sp³-hybridized carbons (Fsp3) is 0.294. The van der Waals surface area contributed by atoms with Gasteiger partial charge in [0.05, 0.1) is 0 Å². The average molecular weight is 226 g/mol. The van der Waals surface area contributed by atoms with Crippen molar-refractivity contribution in [1.82, 2.24) is 0 Å². The van der Waals surface area contributed by atoms with E-state index in [4.69, 9.17) is 0 Å². The fourth-order valence-electron chi connectivity index (χ4n) is 1.90. The van der Waals surface area contributed by atoms with Gasteiger partial charge in [-0.25, -0.2) is 0 Å². The van der Waals surface area contributed by atoms with Crippen LogP contribution in [0.4, 0.5) is 0 Å². The number of rotatable bonds is 3. The SMILES string of the molecule is C=C(C)C(=Cc1cc(C)c(C)cc1C)C(=C)C. The highest BCUT2D eigenvalue weighted by atomic mass is 14.1. The third kappa shape index (κ3) is 3.20. The second-order valence-electron chi connectivity index (χ2n) is 4.91.